The first-order valence-corrected chi connectivity index (χ1v) is 10.5. The summed E-state index contributed by atoms with van der Waals surface area (Å²) in [6, 6.07) is 10.4. The Morgan fingerprint density at radius 2 is 1.94 bits per heavy atom. The molecule has 0 aliphatic carbocycles. The number of hydrogen-bond acceptors (Lipinski definition) is 4. The first-order chi connectivity index (χ1) is 14.8. The Hall–Kier alpha value is -2.48. The summed E-state index contributed by atoms with van der Waals surface area (Å²) in [5.74, 6) is 1.08. The summed E-state index contributed by atoms with van der Waals surface area (Å²) < 4.78 is 44.0. The zero-order chi connectivity index (χ0) is 22.4. The van der Waals surface area contributed by atoms with Crippen LogP contribution >= 0.6 is 11.6 Å². The summed E-state index contributed by atoms with van der Waals surface area (Å²) >= 11 is 6.04. The fourth-order valence-corrected chi connectivity index (χ4v) is 3.87. The van der Waals surface area contributed by atoms with Crippen LogP contribution in [0.2, 0.25) is 5.02 Å². The number of amides is 1. The van der Waals surface area contributed by atoms with Gasteiger partial charge in [-0.2, -0.15) is 13.2 Å². The first-order valence-electron chi connectivity index (χ1n) is 10.2. The third-order valence-corrected chi connectivity index (χ3v) is 5.60. The summed E-state index contributed by atoms with van der Waals surface area (Å²) in [5, 5.41) is -0.0323. The van der Waals surface area contributed by atoms with Crippen LogP contribution < -0.4 is 9.64 Å². The number of carbonyl (C=O) groups is 1. The van der Waals surface area contributed by atoms with Crippen molar-refractivity contribution in [3.63, 3.8) is 0 Å². The number of hydrogen-bond donors (Lipinski definition) is 0. The predicted molar refractivity (Wildman–Crippen MR) is 113 cm³/mol. The highest BCUT2D eigenvalue weighted by molar-refractivity contribution is 6.33. The average Bonchev–Trinajstić information content (AvgIpc) is 2.76. The maximum Gasteiger partial charge on any atom is 0.417 e. The van der Waals surface area contributed by atoms with Crippen molar-refractivity contribution in [2.75, 3.05) is 38.2 Å². The minimum atomic E-state index is -4.48. The van der Waals surface area contributed by atoms with Gasteiger partial charge in [-0.15, -0.1) is 0 Å². The highest BCUT2D eigenvalue weighted by Crippen LogP contribution is 2.34. The molecule has 0 N–H and O–H groups in total. The number of anilines is 1. The van der Waals surface area contributed by atoms with Crippen molar-refractivity contribution in [1.29, 1.82) is 0 Å². The van der Waals surface area contributed by atoms with Gasteiger partial charge in [0.25, 0.3) is 0 Å². The molecule has 2 aromatic rings. The second-order valence-corrected chi connectivity index (χ2v) is 7.97. The Kier molecular flexibility index (Phi) is 7.64. The molecule has 0 saturated carbocycles. The van der Waals surface area contributed by atoms with Gasteiger partial charge in [0.2, 0.25) is 5.91 Å². The number of alkyl halides is 3. The second kappa shape index (κ2) is 10.2. The molecule has 9 heteroatoms. The van der Waals surface area contributed by atoms with Gasteiger partial charge in [-0.3, -0.25) is 4.79 Å². The van der Waals surface area contributed by atoms with Crippen LogP contribution in [0.25, 0.3) is 0 Å². The van der Waals surface area contributed by atoms with E-state index >= 15 is 0 Å². The lowest BCUT2D eigenvalue weighted by Crippen LogP contribution is -2.42. The van der Waals surface area contributed by atoms with Crippen molar-refractivity contribution < 1.29 is 22.7 Å². The average molecular weight is 456 g/mol. The Morgan fingerprint density at radius 3 is 2.55 bits per heavy atom. The van der Waals surface area contributed by atoms with Gasteiger partial charge in [0.1, 0.15) is 11.6 Å². The molecule has 168 valence electrons. The van der Waals surface area contributed by atoms with E-state index in [1.807, 2.05) is 35.2 Å². The highest BCUT2D eigenvalue weighted by atomic mass is 35.5. The normalized spacial score (nSPS) is 15.1. The topological polar surface area (TPSA) is 45.7 Å². The van der Waals surface area contributed by atoms with Gasteiger partial charge in [0.05, 0.1) is 17.2 Å². The van der Waals surface area contributed by atoms with Crippen molar-refractivity contribution >= 4 is 23.3 Å². The van der Waals surface area contributed by atoms with E-state index in [1.54, 1.807) is 11.9 Å². The van der Waals surface area contributed by atoms with Crippen LogP contribution in [0.3, 0.4) is 0 Å². The lowest BCUT2D eigenvalue weighted by atomic mass is 9.95. The molecule has 3 rings (SSSR count). The molecular weight excluding hydrogens is 431 g/mol. The lowest BCUT2D eigenvalue weighted by Gasteiger charge is -2.34. The molecule has 1 fully saturated rings. The largest absolute Gasteiger partial charge is 0.494 e. The molecule has 1 aromatic carbocycles. The van der Waals surface area contributed by atoms with Gasteiger partial charge in [0.15, 0.2) is 0 Å². The minimum absolute atomic E-state index is 0.0323. The van der Waals surface area contributed by atoms with E-state index in [0.717, 1.165) is 24.4 Å². The van der Waals surface area contributed by atoms with E-state index in [9.17, 15) is 18.0 Å². The Balaban J connectivity index is 1.45. The van der Waals surface area contributed by atoms with Gasteiger partial charge in [-0.1, -0.05) is 29.8 Å². The zero-order valence-electron chi connectivity index (χ0n) is 17.2. The number of rotatable bonds is 7. The van der Waals surface area contributed by atoms with Crippen LogP contribution in [0.1, 0.15) is 24.8 Å². The van der Waals surface area contributed by atoms with E-state index in [-0.39, 0.29) is 16.8 Å². The van der Waals surface area contributed by atoms with Crippen LogP contribution in [0, 0.1) is 5.92 Å². The number of halogens is 4. The third-order valence-electron chi connectivity index (χ3n) is 5.32. The van der Waals surface area contributed by atoms with Crippen molar-refractivity contribution in [1.82, 2.24) is 9.88 Å². The first kappa shape index (κ1) is 23.2. The molecule has 1 aliphatic heterocycles. The van der Waals surface area contributed by atoms with Crippen LogP contribution in [0.5, 0.6) is 5.75 Å². The molecule has 0 spiro atoms. The fourth-order valence-electron chi connectivity index (χ4n) is 3.59. The van der Waals surface area contributed by atoms with Gasteiger partial charge in [-0.25, -0.2) is 4.98 Å². The van der Waals surface area contributed by atoms with Crippen molar-refractivity contribution in [3.05, 3.63) is 53.2 Å². The fraction of sp³-hybridized carbons (Fsp3) is 0.455. The highest BCUT2D eigenvalue weighted by Gasteiger charge is 2.33. The molecule has 5 nitrogen and oxygen atoms in total. The number of ether oxygens (including phenoxy) is 1. The van der Waals surface area contributed by atoms with Gasteiger partial charge in [0, 0.05) is 38.8 Å². The minimum Gasteiger partial charge on any atom is -0.494 e. The number of nitrogens with zero attached hydrogens (tertiary/aromatic N) is 3. The lowest BCUT2D eigenvalue weighted by molar-refractivity contribution is -0.138. The number of carbonyl (C=O) groups excluding carboxylic acids is 1. The SMILES string of the molecule is CN(CCCOc1ccccc1)C(=O)C1CCN(c2ncc(C(F)(F)F)cc2Cl)CC1. The van der Waals surface area contributed by atoms with Gasteiger partial charge < -0.3 is 14.5 Å². The quantitative estimate of drug-likeness (QED) is 0.557. The summed E-state index contributed by atoms with van der Waals surface area (Å²) in [6.45, 7) is 2.15. The van der Waals surface area contributed by atoms with E-state index in [1.165, 1.54) is 0 Å². The van der Waals surface area contributed by atoms with Crippen LogP contribution in [-0.4, -0.2) is 49.1 Å². The molecule has 1 aliphatic rings. The molecule has 2 heterocycles. The Labute approximate surface area is 184 Å². The molecule has 1 aromatic heterocycles. The van der Waals surface area contributed by atoms with Crippen LogP contribution in [-0.2, 0) is 11.0 Å². The van der Waals surface area contributed by atoms with Gasteiger partial charge >= 0.3 is 6.18 Å². The van der Waals surface area contributed by atoms with E-state index in [0.29, 0.717) is 44.9 Å². The molecule has 0 unspecified atom stereocenters. The van der Waals surface area contributed by atoms with Crippen LogP contribution in [0.4, 0.5) is 19.0 Å². The monoisotopic (exact) mass is 455 g/mol. The van der Waals surface area contributed by atoms with Gasteiger partial charge in [-0.05, 0) is 37.5 Å². The molecule has 0 radical (unpaired) electrons. The number of benzene rings is 1. The standard InChI is InChI=1S/C22H25ClF3N3O2/c1-28(10-5-13-31-18-6-3-2-4-7-18)21(30)16-8-11-29(12-9-16)20-19(23)14-17(15-27-20)22(24,25)26/h2-4,6-7,14-16H,5,8-13H2,1H3. The molecule has 1 amide bonds. The van der Waals surface area contributed by atoms with Crippen LogP contribution in [0.15, 0.2) is 42.6 Å². The summed E-state index contributed by atoms with van der Waals surface area (Å²) in [7, 11) is 1.78. The number of aromatic nitrogens is 1. The smallest absolute Gasteiger partial charge is 0.417 e. The van der Waals surface area contributed by atoms with Crippen molar-refractivity contribution in [2.24, 2.45) is 5.92 Å². The molecular formula is C22H25ClF3N3O2. The molecule has 31 heavy (non-hydrogen) atoms. The van der Waals surface area contributed by atoms with Crippen molar-refractivity contribution in [2.45, 2.75) is 25.4 Å². The molecule has 0 bridgehead atoms. The Morgan fingerprint density at radius 1 is 1.26 bits per heavy atom. The summed E-state index contributed by atoms with van der Waals surface area (Å²) in [5.41, 5.74) is -0.871. The summed E-state index contributed by atoms with van der Waals surface area (Å²) in [6.07, 6.45) is -1.76. The summed E-state index contributed by atoms with van der Waals surface area (Å²) in [4.78, 5) is 20.2. The predicted octanol–water partition coefficient (Wildman–Crippen LogP) is 4.90. The Bertz CT molecular complexity index is 872. The maximum atomic E-state index is 12.8. The second-order valence-electron chi connectivity index (χ2n) is 7.56. The van der Waals surface area contributed by atoms with E-state index in [4.69, 9.17) is 16.3 Å². The number of pyridine rings is 1. The van der Waals surface area contributed by atoms with Crippen molar-refractivity contribution in [3.8, 4) is 5.75 Å². The number of para-hydroxylation sites is 1. The molecule has 1 saturated heterocycles. The zero-order valence-corrected chi connectivity index (χ0v) is 18.0. The maximum absolute atomic E-state index is 12.8. The third kappa shape index (κ3) is 6.26. The molecule has 0 atom stereocenters. The van der Waals surface area contributed by atoms with E-state index < -0.39 is 11.7 Å². The number of piperidine rings is 1. The van der Waals surface area contributed by atoms with E-state index in [2.05, 4.69) is 4.98 Å².